The number of halogens is 2. The number of fused-ring (bicyclic) bond motifs is 3. The zero-order valence-electron chi connectivity index (χ0n) is 19.6. The summed E-state index contributed by atoms with van der Waals surface area (Å²) in [6, 6.07) is 14.0. The number of ether oxygens (including phenoxy) is 4. The van der Waals surface area contributed by atoms with Crippen molar-refractivity contribution in [3.05, 3.63) is 80.8 Å². The highest BCUT2D eigenvalue weighted by molar-refractivity contribution is 6.42. The van der Waals surface area contributed by atoms with Gasteiger partial charge in [0.25, 0.3) is 0 Å². The number of nitrogens with zero attached hydrogens (tertiary/aromatic N) is 2. The zero-order valence-corrected chi connectivity index (χ0v) is 21.1. The highest BCUT2D eigenvalue weighted by Crippen LogP contribution is 2.52. The van der Waals surface area contributed by atoms with Gasteiger partial charge < -0.3 is 24.1 Å². The molecule has 10 heteroatoms. The fourth-order valence-electron chi connectivity index (χ4n) is 4.67. The number of carbonyl (C=O) groups is 1. The Morgan fingerprint density at radius 2 is 1.78 bits per heavy atom. The molecule has 0 spiro atoms. The molecule has 2 aliphatic heterocycles. The number of carboxylic acid groups (broad SMARTS) is 1. The Balaban J connectivity index is 1.70. The van der Waals surface area contributed by atoms with Crippen LogP contribution in [0.4, 0.5) is 0 Å². The van der Waals surface area contributed by atoms with Crippen molar-refractivity contribution in [1.82, 2.24) is 5.01 Å². The van der Waals surface area contributed by atoms with Crippen LogP contribution in [0.25, 0.3) is 0 Å². The summed E-state index contributed by atoms with van der Waals surface area (Å²) in [6.07, 6.45) is -0.349. The first-order chi connectivity index (χ1) is 17.4. The van der Waals surface area contributed by atoms with Crippen LogP contribution < -0.4 is 18.9 Å². The van der Waals surface area contributed by atoms with Crippen LogP contribution in [-0.4, -0.2) is 43.1 Å². The van der Waals surface area contributed by atoms with Gasteiger partial charge in [0.15, 0.2) is 23.0 Å². The average Bonchev–Trinajstić information content (AvgIpc) is 3.34. The lowest BCUT2D eigenvalue weighted by molar-refractivity contribution is -0.0217. The van der Waals surface area contributed by atoms with Crippen molar-refractivity contribution in [3.63, 3.8) is 0 Å². The molecule has 0 aromatic heterocycles. The molecule has 2 aliphatic rings. The normalized spacial score (nSPS) is 18.0. The van der Waals surface area contributed by atoms with E-state index in [1.165, 1.54) is 14.2 Å². The van der Waals surface area contributed by atoms with Crippen LogP contribution in [0.2, 0.25) is 10.0 Å². The minimum atomic E-state index is -1.18. The number of para-hydroxylation sites is 1. The van der Waals surface area contributed by atoms with E-state index < -0.39 is 12.2 Å². The molecular formula is C26H22Cl2N2O6. The van der Waals surface area contributed by atoms with Crippen LogP contribution in [0.3, 0.4) is 0 Å². The second-order valence-electron chi connectivity index (χ2n) is 8.19. The minimum absolute atomic E-state index is 0.0721. The largest absolute Gasteiger partial charge is 0.493 e. The molecule has 36 heavy (non-hydrogen) atoms. The number of hydrazone groups is 1. The maximum atomic E-state index is 12.4. The van der Waals surface area contributed by atoms with Gasteiger partial charge in [-0.1, -0.05) is 41.4 Å². The molecule has 3 aromatic carbocycles. The monoisotopic (exact) mass is 528 g/mol. The summed E-state index contributed by atoms with van der Waals surface area (Å²) in [7, 11) is 4.41. The third-order valence-corrected chi connectivity index (χ3v) is 7.05. The van der Waals surface area contributed by atoms with E-state index in [0.29, 0.717) is 39.3 Å². The van der Waals surface area contributed by atoms with Gasteiger partial charge in [0.2, 0.25) is 6.23 Å². The number of carboxylic acids is 1. The molecule has 1 N–H and O–H groups in total. The number of hydrogen-bond donors (Lipinski definition) is 1. The summed E-state index contributed by atoms with van der Waals surface area (Å²) in [6.45, 7) is 0. The third-order valence-electron chi connectivity index (χ3n) is 6.31. The molecule has 2 heterocycles. The number of methoxy groups -OCH3 is 3. The first kappa shape index (κ1) is 24.1. The molecule has 0 aliphatic carbocycles. The molecule has 2 atom stereocenters. The molecular weight excluding hydrogens is 507 g/mol. The van der Waals surface area contributed by atoms with Crippen molar-refractivity contribution in [3.8, 4) is 23.0 Å². The summed E-state index contributed by atoms with van der Waals surface area (Å²) >= 11 is 12.4. The molecule has 0 fully saturated rings. The van der Waals surface area contributed by atoms with Crippen LogP contribution in [0, 0.1) is 0 Å². The van der Waals surface area contributed by atoms with Crippen LogP contribution >= 0.6 is 23.2 Å². The molecule has 0 radical (unpaired) electrons. The molecule has 0 saturated carbocycles. The Labute approximate surface area is 217 Å². The van der Waals surface area contributed by atoms with Crippen molar-refractivity contribution in [2.24, 2.45) is 5.10 Å². The molecule has 8 nitrogen and oxygen atoms in total. The first-order valence-electron chi connectivity index (χ1n) is 11.0. The van der Waals surface area contributed by atoms with E-state index in [9.17, 15) is 9.90 Å². The number of hydrogen-bond acceptors (Lipinski definition) is 7. The summed E-state index contributed by atoms with van der Waals surface area (Å²) in [5.41, 5.74) is 2.74. The summed E-state index contributed by atoms with van der Waals surface area (Å²) in [4.78, 5) is 12.4. The van der Waals surface area contributed by atoms with Gasteiger partial charge in [0.05, 0.1) is 43.1 Å². The SMILES string of the molecule is COc1cccc2c1OC(c1ccc(OC)c(OC)c1C(=O)O)N1N=C(c3ccc(Cl)c(Cl)c3)CC21. The zero-order chi connectivity index (χ0) is 25.6. The lowest BCUT2D eigenvalue weighted by Crippen LogP contribution is -2.35. The van der Waals surface area contributed by atoms with E-state index in [1.54, 1.807) is 42.5 Å². The van der Waals surface area contributed by atoms with Gasteiger partial charge in [-0.2, -0.15) is 5.10 Å². The van der Waals surface area contributed by atoms with Gasteiger partial charge in [0, 0.05) is 17.5 Å². The maximum absolute atomic E-state index is 12.4. The Hall–Kier alpha value is -3.62. The van der Waals surface area contributed by atoms with Crippen LogP contribution in [0.1, 0.15) is 45.7 Å². The van der Waals surface area contributed by atoms with E-state index in [1.807, 2.05) is 18.2 Å². The lowest BCUT2D eigenvalue weighted by Gasteiger charge is -2.39. The second-order valence-corrected chi connectivity index (χ2v) is 9.01. The van der Waals surface area contributed by atoms with Gasteiger partial charge >= 0.3 is 5.97 Å². The number of rotatable bonds is 6. The molecule has 3 aromatic rings. The van der Waals surface area contributed by atoms with Gasteiger partial charge in [-0.15, -0.1) is 0 Å². The Kier molecular flexibility index (Phi) is 6.32. The number of benzene rings is 3. The van der Waals surface area contributed by atoms with Gasteiger partial charge in [-0.3, -0.25) is 0 Å². The van der Waals surface area contributed by atoms with E-state index in [0.717, 1.165) is 16.8 Å². The smallest absolute Gasteiger partial charge is 0.340 e. The highest BCUT2D eigenvalue weighted by atomic mass is 35.5. The van der Waals surface area contributed by atoms with Crippen LogP contribution in [0.15, 0.2) is 53.6 Å². The minimum Gasteiger partial charge on any atom is -0.493 e. The molecule has 0 bridgehead atoms. The van der Waals surface area contributed by atoms with Crippen molar-refractivity contribution in [1.29, 1.82) is 0 Å². The Morgan fingerprint density at radius 1 is 1.00 bits per heavy atom. The first-order valence-corrected chi connectivity index (χ1v) is 11.8. The topological polar surface area (TPSA) is 89.8 Å². The van der Waals surface area contributed by atoms with Crippen molar-refractivity contribution in [2.75, 3.05) is 21.3 Å². The van der Waals surface area contributed by atoms with Crippen LogP contribution in [0.5, 0.6) is 23.0 Å². The van der Waals surface area contributed by atoms with E-state index in [-0.39, 0.29) is 17.4 Å². The van der Waals surface area contributed by atoms with Gasteiger partial charge in [-0.05, 0) is 35.9 Å². The van der Waals surface area contributed by atoms with E-state index in [2.05, 4.69) is 0 Å². The van der Waals surface area contributed by atoms with E-state index in [4.69, 9.17) is 47.3 Å². The van der Waals surface area contributed by atoms with Crippen molar-refractivity contribution in [2.45, 2.75) is 18.7 Å². The predicted molar refractivity (Wildman–Crippen MR) is 135 cm³/mol. The molecule has 186 valence electrons. The van der Waals surface area contributed by atoms with Crippen molar-refractivity contribution < 1.29 is 28.8 Å². The van der Waals surface area contributed by atoms with Gasteiger partial charge in [-0.25, -0.2) is 9.80 Å². The molecule has 0 saturated heterocycles. The summed E-state index contributed by atoms with van der Waals surface area (Å²) in [5.74, 6) is 0.284. The standard InChI is InChI=1S/C26H22Cl2N2O6/c1-33-20-6-4-5-14-19-12-18(13-7-9-16(27)17(28)11-13)29-30(19)25(36-23(14)20)15-8-10-21(34-2)24(35-3)22(15)26(31)32/h4-11,19,25H,12H2,1-3H3,(H,31,32). The van der Waals surface area contributed by atoms with Crippen LogP contribution in [-0.2, 0) is 0 Å². The molecule has 5 rings (SSSR count). The average molecular weight is 529 g/mol. The Morgan fingerprint density at radius 3 is 2.44 bits per heavy atom. The quantitative estimate of drug-likeness (QED) is 0.422. The Bertz CT molecular complexity index is 1390. The fraction of sp³-hybridized carbons (Fsp3) is 0.231. The lowest BCUT2D eigenvalue weighted by atomic mass is 9.94. The van der Waals surface area contributed by atoms with E-state index >= 15 is 0 Å². The van der Waals surface area contributed by atoms with Crippen molar-refractivity contribution >= 4 is 34.9 Å². The fourth-order valence-corrected chi connectivity index (χ4v) is 4.97. The summed E-state index contributed by atoms with van der Waals surface area (Å²) < 4.78 is 22.8. The predicted octanol–water partition coefficient (Wildman–Crippen LogP) is 5.96. The summed E-state index contributed by atoms with van der Waals surface area (Å²) in [5, 5.41) is 17.7. The number of aromatic carboxylic acids is 1. The maximum Gasteiger partial charge on any atom is 0.340 e. The molecule has 2 unspecified atom stereocenters. The highest BCUT2D eigenvalue weighted by Gasteiger charge is 2.44. The molecule has 0 amide bonds. The van der Waals surface area contributed by atoms with Gasteiger partial charge in [0.1, 0.15) is 5.56 Å². The second kappa shape index (κ2) is 9.44. The third kappa shape index (κ3) is 3.86.